The molecule has 0 heterocycles. The second-order valence-electron chi connectivity index (χ2n) is 8.98. The van der Waals surface area contributed by atoms with Gasteiger partial charge in [0.2, 0.25) is 0 Å². The number of carboxylic acids is 2. The third kappa shape index (κ3) is 49.2. The molecule has 1 unspecified atom stereocenters. The molecule has 0 radical (unpaired) electrons. The summed E-state index contributed by atoms with van der Waals surface area (Å²) in [5.74, 6) is -1.32. The van der Waals surface area contributed by atoms with Crippen LogP contribution < -0.4 is 0 Å². The fourth-order valence-corrected chi connectivity index (χ4v) is 3.17. The van der Waals surface area contributed by atoms with Gasteiger partial charge in [-0.25, -0.2) is 0 Å². The molecule has 0 aliphatic heterocycles. The highest BCUT2D eigenvalue weighted by Gasteiger charge is 1.97. The lowest BCUT2D eigenvalue weighted by atomic mass is 10.1. The maximum atomic E-state index is 10.2. The van der Waals surface area contributed by atoms with E-state index in [1.165, 1.54) is 96.8 Å². The molecule has 4 N–H and O–H groups in total. The van der Waals surface area contributed by atoms with Crippen LogP contribution in [0, 0.1) is 0 Å². The first-order valence-electron chi connectivity index (χ1n) is 13.5. The molecule has 0 saturated carbocycles. The molecule has 0 amide bonds. The van der Waals surface area contributed by atoms with Crippen LogP contribution >= 0.6 is 0 Å². The van der Waals surface area contributed by atoms with Gasteiger partial charge in [-0.1, -0.05) is 117 Å². The van der Waals surface area contributed by atoms with Gasteiger partial charge in [-0.05, 0) is 19.8 Å². The van der Waals surface area contributed by atoms with Gasteiger partial charge in [0.05, 0.1) is 12.7 Å². The number of aliphatic hydroxyl groups is 2. The first-order valence-corrected chi connectivity index (χ1v) is 13.5. The molecule has 0 aromatic heterocycles. The fourth-order valence-electron chi connectivity index (χ4n) is 3.17. The molecule has 0 aliphatic carbocycles. The maximum Gasteiger partial charge on any atom is 0.303 e. The largest absolute Gasteiger partial charge is 0.481 e. The summed E-state index contributed by atoms with van der Waals surface area (Å²) in [6, 6.07) is 0. The predicted molar refractivity (Wildman–Crippen MR) is 138 cm³/mol. The van der Waals surface area contributed by atoms with Crippen LogP contribution in [0.4, 0.5) is 0 Å². The Kier molecular flexibility index (Phi) is 36.5. The lowest BCUT2D eigenvalue weighted by Gasteiger charge is -2.00. The van der Waals surface area contributed by atoms with Gasteiger partial charge >= 0.3 is 11.9 Å². The lowest BCUT2D eigenvalue weighted by Crippen LogP contribution is -2.03. The Morgan fingerprint density at radius 1 is 0.545 bits per heavy atom. The molecule has 0 aromatic carbocycles. The number of rotatable bonds is 21. The summed E-state index contributed by atoms with van der Waals surface area (Å²) >= 11 is 0. The van der Waals surface area contributed by atoms with Gasteiger partial charge in [-0.3, -0.25) is 9.59 Å². The first kappa shape index (κ1) is 36.4. The van der Waals surface area contributed by atoms with Crippen molar-refractivity contribution >= 4 is 11.9 Å². The Bertz CT molecular complexity index is 353. The van der Waals surface area contributed by atoms with E-state index >= 15 is 0 Å². The normalized spacial score (nSPS) is 11.1. The predicted octanol–water partition coefficient (Wildman–Crippen LogP) is 7.34. The number of hydrogen-bond donors (Lipinski definition) is 4. The number of aliphatic hydroxyl groups excluding tert-OH is 2. The highest BCUT2D eigenvalue weighted by molar-refractivity contribution is 5.66. The highest BCUT2D eigenvalue weighted by Crippen LogP contribution is 2.11. The summed E-state index contributed by atoms with van der Waals surface area (Å²) in [4.78, 5) is 20.4. The number of aliphatic carboxylic acids is 2. The van der Waals surface area contributed by atoms with Gasteiger partial charge < -0.3 is 20.4 Å². The number of hydrogen-bond acceptors (Lipinski definition) is 4. The molecular formula is C27H56O6. The minimum atomic E-state index is -0.659. The molecule has 6 heteroatoms. The van der Waals surface area contributed by atoms with Crippen molar-refractivity contribution in [1.82, 2.24) is 0 Å². The van der Waals surface area contributed by atoms with E-state index < -0.39 is 18.0 Å². The van der Waals surface area contributed by atoms with Gasteiger partial charge in [-0.2, -0.15) is 0 Å². The molecular weight excluding hydrogens is 420 g/mol. The monoisotopic (exact) mass is 476 g/mol. The second-order valence-corrected chi connectivity index (χ2v) is 8.98. The van der Waals surface area contributed by atoms with Gasteiger partial charge in [0.1, 0.15) is 0 Å². The lowest BCUT2D eigenvalue weighted by molar-refractivity contribution is -0.138. The van der Waals surface area contributed by atoms with Gasteiger partial charge in [-0.15, -0.1) is 0 Å². The van der Waals surface area contributed by atoms with Crippen molar-refractivity contribution in [3.8, 4) is 0 Å². The molecule has 200 valence electrons. The van der Waals surface area contributed by atoms with Crippen LogP contribution in [-0.2, 0) is 9.59 Å². The Morgan fingerprint density at radius 2 is 0.758 bits per heavy atom. The van der Waals surface area contributed by atoms with Crippen molar-refractivity contribution in [3.63, 3.8) is 0 Å². The van der Waals surface area contributed by atoms with Crippen molar-refractivity contribution in [2.24, 2.45) is 0 Å². The molecule has 0 aliphatic rings. The van der Waals surface area contributed by atoms with Gasteiger partial charge in [0.15, 0.2) is 0 Å². The number of carbonyl (C=O) groups is 2. The maximum absolute atomic E-state index is 10.2. The summed E-state index contributed by atoms with van der Waals surface area (Å²) in [6.45, 7) is 5.85. The number of carboxylic acid groups (broad SMARTS) is 2. The van der Waals surface area contributed by atoms with E-state index in [0.717, 1.165) is 25.7 Å². The Hall–Kier alpha value is -1.14. The van der Waals surface area contributed by atoms with Crippen molar-refractivity contribution in [2.45, 2.75) is 155 Å². The summed E-state index contributed by atoms with van der Waals surface area (Å²) in [7, 11) is 0. The Labute approximate surface area is 204 Å². The SMILES string of the molecule is CC(O)CO.CCCCCCCCCCCC(=O)O.CCCCCCCCCCCC(=O)O. The molecule has 6 nitrogen and oxygen atoms in total. The van der Waals surface area contributed by atoms with E-state index in [1.807, 2.05) is 0 Å². The summed E-state index contributed by atoms with van der Waals surface area (Å²) < 4.78 is 0. The average molecular weight is 477 g/mol. The van der Waals surface area contributed by atoms with Crippen molar-refractivity contribution < 1.29 is 30.0 Å². The third-order valence-corrected chi connectivity index (χ3v) is 5.25. The van der Waals surface area contributed by atoms with Crippen molar-refractivity contribution in [3.05, 3.63) is 0 Å². The quantitative estimate of drug-likeness (QED) is 0.129. The van der Waals surface area contributed by atoms with E-state index in [9.17, 15) is 9.59 Å². The van der Waals surface area contributed by atoms with Gasteiger partial charge in [0, 0.05) is 12.8 Å². The molecule has 0 rings (SSSR count). The molecule has 0 bridgehead atoms. The first-order chi connectivity index (χ1) is 15.8. The van der Waals surface area contributed by atoms with E-state index in [0.29, 0.717) is 12.8 Å². The Morgan fingerprint density at radius 3 is 0.939 bits per heavy atom. The van der Waals surface area contributed by atoms with Crippen LogP contribution in [0.3, 0.4) is 0 Å². The zero-order chi connectivity index (χ0) is 25.6. The van der Waals surface area contributed by atoms with E-state index in [4.69, 9.17) is 20.4 Å². The van der Waals surface area contributed by atoms with E-state index in [1.54, 1.807) is 0 Å². The van der Waals surface area contributed by atoms with Gasteiger partial charge in [0.25, 0.3) is 0 Å². The number of unbranched alkanes of at least 4 members (excludes halogenated alkanes) is 16. The van der Waals surface area contributed by atoms with E-state index in [-0.39, 0.29) is 6.61 Å². The topological polar surface area (TPSA) is 115 Å². The molecule has 1 atom stereocenters. The van der Waals surface area contributed by atoms with E-state index in [2.05, 4.69) is 13.8 Å². The molecule has 33 heavy (non-hydrogen) atoms. The highest BCUT2D eigenvalue weighted by atomic mass is 16.4. The zero-order valence-corrected chi connectivity index (χ0v) is 22.0. The smallest absolute Gasteiger partial charge is 0.303 e. The summed E-state index contributed by atoms with van der Waals surface area (Å²) in [5, 5.41) is 32.8. The van der Waals surface area contributed by atoms with Crippen molar-refractivity contribution in [1.29, 1.82) is 0 Å². The van der Waals surface area contributed by atoms with Crippen LogP contribution in [0.1, 0.15) is 149 Å². The zero-order valence-electron chi connectivity index (χ0n) is 22.0. The summed E-state index contributed by atoms with van der Waals surface area (Å²) in [6.07, 6.45) is 22.4. The van der Waals surface area contributed by atoms with Crippen molar-refractivity contribution in [2.75, 3.05) is 6.61 Å². The van der Waals surface area contributed by atoms with Crippen LogP contribution in [0.25, 0.3) is 0 Å². The summed E-state index contributed by atoms with van der Waals surface area (Å²) in [5.41, 5.74) is 0. The van der Waals surface area contributed by atoms with Crippen LogP contribution in [0.15, 0.2) is 0 Å². The van der Waals surface area contributed by atoms with Crippen LogP contribution in [0.5, 0.6) is 0 Å². The molecule has 0 spiro atoms. The fraction of sp³-hybridized carbons (Fsp3) is 0.926. The standard InChI is InChI=1S/2C12H24O2.C3H8O2/c2*1-2-3-4-5-6-7-8-9-10-11-12(13)14;1-3(5)2-4/h2*2-11H2,1H3,(H,13,14);3-5H,2H2,1H3. The minimum absolute atomic E-state index is 0.139. The Balaban J connectivity index is -0.000000453. The molecule has 0 fully saturated rings. The molecule has 0 aromatic rings. The van der Waals surface area contributed by atoms with Crippen LogP contribution in [-0.4, -0.2) is 45.1 Å². The second kappa shape index (κ2) is 33.0. The minimum Gasteiger partial charge on any atom is -0.481 e. The average Bonchev–Trinajstić information content (AvgIpc) is 2.77. The molecule has 0 saturated heterocycles. The third-order valence-electron chi connectivity index (χ3n) is 5.25. The van der Waals surface area contributed by atoms with Crippen LogP contribution in [0.2, 0.25) is 0 Å².